The van der Waals surface area contributed by atoms with Gasteiger partial charge in [0.1, 0.15) is 0 Å². The molecule has 1 heterocycles. The minimum Gasteiger partial charge on any atom is -0.481 e. The summed E-state index contributed by atoms with van der Waals surface area (Å²) in [6.07, 6.45) is -1.99. The van der Waals surface area contributed by atoms with Gasteiger partial charge in [-0.15, -0.1) is 0 Å². The molecule has 0 radical (unpaired) electrons. The number of carboxylic acid groups (broad SMARTS) is 1. The fourth-order valence-corrected chi connectivity index (χ4v) is 1.29. The molecule has 1 aromatic heterocycles. The molecule has 0 amide bonds. The number of hydrogen-bond donors (Lipinski definition) is 2. The summed E-state index contributed by atoms with van der Waals surface area (Å²) in [5, 5.41) is 8.52. The quantitative estimate of drug-likeness (QED) is 0.790. The van der Waals surface area contributed by atoms with Crippen molar-refractivity contribution in [2.24, 2.45) is 5.73 Å². The van der Waals surface area contributed by atoms with E-state index in [2.05, 4.69) is 4.98 Å². The van der Waals surface area contributed by atoms with Gasteiger partial charge in [0.25, 0.3) is 6.43 Å². The van der Waals surface area contributed by atoms with Crippen molar-refractivity contribution < 1.29 is 18.7 Å². The summed E-state index contributed by atoms with van der Waals surface area (Å²) in [5.41, 5.74) is 5.03. The summed E-state index contributed by atoms with van der Waals surface area (Å²) in [7, 11) is 0. The number of carboxylic acids is 1. The van der Waals surface area contributed by atoms with Crippen molar-refractivity contribution in [2.45, 2.75) is 19.4 Å². The second kappa shape index (κ2) is 4.79. The molecule has 0 saturated carbocycles. The number of nitrogens with two attached hydrogens (primary N) is 1. The molecular formula is C9H10F2N2O2. The van der Waals surface area contributed by atoms with Gasteiger partial charge in [-0.05, 0) is 11.6 Å². The van der Waals surface area contributed by atoms with Crippen LogP contribution in [0, 0.1) is 0 Å². The first-order chi connectivity index (χ1) is 7.06. The smallest absolute Gasteiger partial charge is 0.309 e. The number of carbonyl (C=O) groups is 1. The van der Waals surface area contributed by atoms with Crippen molar-refractivity contribution in [3.05, 3.63) is 29.1 Å². The predicted octanol–water partition coefficient (Wildman–Crippen LogP) is 1.10. The van der Waals surface area contributed by atoms with Gasteiger partial charge >= 0.3 is 5.97 Å². The van der Waals surface area contributed by atoms with Crippen LogP contribution in [0.5, 0.6) is 0 Å². The van der Waals surface area contributed by atoms with Crippen molar-refractivity contribution in [3.63, 3.8) is 0 Å². The third-order valence-electron chi connectivity index (χ3n) is 1.92. The highest BCUT2D eigenvalue weighted by atomic mass is 19.3. The second-order valence-corrected chi connectivity index (χ2v) is 2.91. The summed E-state index contributed by atoms with van der Waals surface area (Å²) in [6, 6.07) is 1.37. The number of halogens is 2. The molecule has 0 unspecified atom stereocenters. The van der Waals surface area contributed by atoms with Crippen molar-refractivity contribution >= 4 is 5.97 Å². The van der Waals surface area contributed by atoms with Crippen LogP contribution >= 0.6 is 0 Å². The first-order valence-electron chi connectivity index (χ1n) is 4.23. The lowest BCUT2D eigenvalue weighted by atomic mass is 10.1. The Morgan fingerprint density at radius 2 is 2.27 bits per heavy atom. The number of pyridine rings is 1. The van der Waals surface area contributed by atoms with E-state index in [1.54, 1.807) is 0 Å². The average molecular weight is 216 g/mol. The van der Waals surface area contributed by atoms with Crippen molar-refractivity contribution in [1.29, 1.82) is 0 Å². The standard InChI is InChI=1S/C9H10F2N2O2/c10-9(11)8-5(4-12)1-2-13-6(8)3-7(14)15/h1-2,9H,3-4,12H2,(H,14,15). The molecule has 0 spiro atoms. The molecule has 82 valence electrons. The molecule has 0 fully saturated rings. The first kappa shape index (κ1) is 11.5. The Morgan fingerprint density at radius 3 is 2.73 bits per heavy atom. The molecule has 0 aliphatic heterocycles. The van der Waals surface area contributed by atoms with Gasteiger partial charge in [0.05, 0.1) is 12.1 Å². The Balaban J connectivity index is 3.19. The second-order valence-electron chi connectivity index (χ2n) is 2.91. The van der Waals surface area contributed by atoms with Crippen LogP contribution in [0.15, 0.2) is 12.3 Å². The van der Waals surface area contributed by atoms with Gasteiger partial charge in [-0.1, -0.05) is 0 Å². The van der Waals surface area contributed by atoms with Crippen LogP contribution in [0.25, 0.3) is 0 Å². The number of nitrogens with zero attached hydrogens (tertiary/aromatic N) is 1. The van der Waals surface area contributed by atoms with Crippen LogP contribution in [0.4, 0.5) is 8.78 Å². The van der Waals surface area contributed by atoms with Gasteiger partial charge in [0, 0.05) is 18.3 Å². The van der Waals surface area contributed by atoms with Crippen LogP contribution in [-0.2, 0) is 17.8 Å². The van der Waals surface area contributed by atoms with Crippen LogP contribution in [0.1, 0.15) is 23.2 Å². The predicted molar refractivity (Wildman–Crippen MR) is 48.4 cm³/mol. The lowest BCUT2D eigenvalue weighted by Gasteiger charge is -2.10. The van der Waals surface area contributed by atoms with Gasteiger partial charge in [-0.3, -0.25) is 9.78 Å². The zero-order valence-corrected chi connectivity index (χ0v) is 7.78. The zero-order valence-electron chi connectivity index (χ0n) is 7.78. The fourth-order valence-electron chi connectivity index (χ4n) is 1.29. The van der Waals surface area contributed by atoms with E-state index in [1.165, 1.54) is 12.3 Å². The maximum absolute atomic E-state index is 12.6. The van der Waals surface area contributed by atoms with Gasteiger partial charge < -0.3 is 10.8 Å². The van der Waals surface area contributed by atoms with Crippen molar-refractivity contribution in [2.75, 3.05) is 0 Å². The normalized spacial score (nSPS) is 10.7. The Bertz CT molecular complexity index is 369. The van der Waals surface area contributed by atoms with Crippen LogP contribution in [0.3, 0.4) is 0 Å². The fraction of sp³-hybridized carbons (Fsp3) is 0.333. The molecule has 1 rings (SSSR count). The van der Waals surface area contributed by atoms with E-state index in [4.69, 9.17) is 10.8 Å². The number of hydrogen-bond acceptors (Lipinski definition) is 3. The van der Waals surface area contributed by atoms with Gasteiger partial charge in [-0.25, -0.2) is 8.78 Å². The maximum atomic E-state index is 12.6. The summed E-state index contributed by atoms with van der Waals surface area (Å²) < 4.78 is 25.3. The summed E-state index contributed by atoms with van der Waals surface area (Å²) >= 11 is 0. The minimum atomic E-state index is -2.76. The van der Waals surface area contributed by atoms with E-state index in [1.807, 2.05) is 0 Å². The SMILES string of the molecule is NCc1ccnc(CC(=O)O)c1C(F)F. The highest BCUT2D eigenvalue weighted by Crippen LogP contribution is 2.25. The van der Waals surface area contributed by atoms with E-state index in [-0.39, 0.29) is 23.4 Å². The monoisotopic (exact) mass is 216 g/mol. The summed E-state index contributed by atoms with van der Waals surface area (Å²) in [5.74, 6) is -1.20. The van der Waals surface area contributed by atoms with Crippen LogP contribution in [-0.4, -0.2) is 16.1 Å². The summed E-state index contributed by atoms with van der Waals surface area (Å²) in [4.78, 5) is 14.1. The number of alkyl halides is 2. The molecule has 0 aliphatic rings. The van der Waals surface area contributed by atoms with E-state index < -0.39 is 18.8 Å². The van der Waals surface area contributed by atoms with E-state index in [9.17, 15) is 13.6 Å². The van der Waals surface area contributed by atoms with Gasteiger partial charge in [0.2, 0.25) is 0 Å². The lowest BCUT2D eigenvalue weighted by molar-refractivity contribution is -0.136. The van der Waals surface area contributed by atoms with Gasteiger partial charge in [0.15, 0.2) is 0 Å². The molecule has 0 aliphatic carbocycles. The molecular weight excluding hydrogens is 206 g/mol. The Morgan fingerprint density at radius 1 is 1.60 bits per heavy atom. The topological polar surface area (TPSA) is 76.2 Å². The molecule has 1 aromatic rings. The third-order valence-corrected chi connectivity index (χ3v) is 1.92. The lowest BCUT2D eigenvalue weighted by Crippen LogP contribution is -2.11. The van der Waals surface area contributed by atoms with Crippen LogP contribution < -0.4 is 5.73 Å². The molecule has 0 bridgehead atoms. The van der Waals surface area contributed by atoms with Gasteiger partial charge in [-0.2, -0.15) is 0 Å². The van der Waals surface area contributed by atoms with E-state index in [0.717, 1.165) is 0 Å². The highest BCUT2D eigenvalue weighted by molar-refractivity contribution is 5.70. The number of rotatable bonds is 4. The van der Waals surface area contributed by atoms with E-state index >= 15 is 0 Å². The Labute approximate surface area is 84.7 Å². The largest absolute Gasteiger partial charge is 0.481 e. The molecule has 0 aromatic carbocycles. The maximum Gasteiger partial charge on any atom is 0.309 e. The number of aliphatic carboxylic acids is 1. The highest BCUT2D eigenvalue weighted by Gasteiger charge is 2.19. The minimum absolute atomic E-state index is 0.0607. The summed E-state index contributed by atoms with van der Waals surface area (Å²) in [6.45, 7) is -0.0607. The molecule has 0 saturated heterocycles. The average Bonchev–Trinajstić information content (AvgIpc) is 2.15. The molecule has 15 heavy (non-hydrogen) atoms. The third kappa shape index (κ3) is 2.69. The Hall–Kier alpha value is -1.56. The molecule has 0 atom stereocenters. The van der Waals surface area contributed by atoms with Crippen molar-refractivity contribution in [1.82, 2.24) is 4.98 Å². The number of aromatic nitrogens is 1. The molecule has 4 nitrogen and oxygen atoms in total. The van der Waals surface area contributed by atoms with Crippen LogP contribution in [0.2, 0.25) is 0 Å². The van der Waals surface area contributed by atoms with E-state index in [0.29, 0.717) is 0 Å². The zero-order chi connectivity index (χ0) is 11.4. The molecule has 6 heteroatoms. The first-order valence-corrected chi connectivity index (χ1v) is 4.23. The Kier molecular flexibility index (Phi) is 3.68. The molecule has 3 N–H and O–H groups in total. The van der Waals surface area contributed by atoms with Crippen molar-refractivity contribution in [3.8, 4) is 0 Å².